The highest BCUT2D eigenvalue weighted by Gasteiger charge is 2.46. The quantitative estimate of drug-likeness (QED) is 0.578. The smallest absolute Gasteiger partial charge is 0.419 e. The number of ether oxygens (including phenoxy) is 2. The van der Waals surface area contributed by atoms with Crippen LogP contribution in [0.3, 0.4) is 0 Å². The van der Waals surface area contributed by atoms with Crippen molar-refractivity contribution in [2.75, 3.05) is 13.7 Å². The molecule has 2 N–H and O–H groups in total. The number of aromatic nitrogens is 1. The number of rotatable bonds is 5. The lowest BCUT2D eigenvalue weighted by Gasteiger charge is -2.22. The van der Waals surface area contributed by atoms with Gasteiger partial charge >= 0.3 is 18.3 Å². The van der Waals surface area contributed by atoms with E-state index in [2.05, 4.69) is 10.3 Å². The number of aliphatic hydroxyl groups is 1. The maximum Gasteiger partial charge on any atom is 0.419 e. The van der Waals surface area contributed by atoms with E-state index in [9.17, 15) is 27.9 Å². The van der Waals surface area contributed by atoms with E-state index in [1.807, 2.05) is 24.3 Å². The van der Waals surface area contributed by atoms with Crippen LogP contribution < -0.4 is 10.1 Å². The Morgan fingerprint density at radius 1 is 1.24 bits per heavy atom. The number of imide groups is 1. The third-order valence-corrected chi connectivity index (χ3v) is 5.51. The average molecular weight is 475 g/mol. The molecule has 0 aliphatic carbocycles. The molecule has 4 rings (SSSR count). The maximum atomic E-state index is 13.3. The second kappa shape index (κ2) is 9.18. The molecule has 1 aliphatic heterocycles. The van der Waals surface area contributed by atoms with E-state index in [4.69, 9.17) is 9.47 Å². The molecule has 2 atom stereocenters. The van der Waals surface area contributed by atoms with Gasteiger partial charge < -0.3 is 19.9 Å². The molecule has 3 aromatic rings. The fourth-order valence-corrected chi connectivity index (χ4v) is 3.86. The number of pyridine rings is 1. The van der Waals surface area contributed by atoms with Crippen LogP contribution in [0.25, 0.3) is 10.8 Å². The lowest BCUT2D eigenvalue weighted by atomic mass is 9.99. The molecular formula is C23H20F3N3O5. The molecule has 0 spiro atoms. The minimum absolute atomic E-state index is 0.0250. The van der Waals surface area contributed by atoms with E-state index in [-0.39, 0.29) is 17.9 Å². The zero-order valence-electron chi connectivity index (χ0n) is 17.9. The van der Waals surface area contributed by atoms with Crippen LogP contribution in [-0.2, 0) is 17.5 Å². The highest BCUT2D eigenvalue weighted by atomic mass is 19.4. The van der Waals surface area contributed by atoms with E-state index in [0.29, 0.717) is 10.5 Å². The number of urea groups is 1. The third kappa shape index (κ3) is 4.46. The van der Waals surface area contributed by atoms with Gasteiger partial charge in [0.15, 0.2) is 6.10 Å². The van der Waals surface area contributed by atoms with Gasteiger partial charge in [0.05, 0.1) is 19.3 Å². The SMILES string of the molecule is COc1cc([C@H]2OC(=O)N(C(=O)NCc3cncc4ccccc34)[C@H]2CO)cc(C(F)(F)F)c1. The van der Waals surface area contributed by atoms with E-state index < -0.39 is 42.6 Å². The Labute approximate surface area is 191 Å². The summed E-state index contributed by atoms with van der Waals surface area (Å²) in [4.78, 5) is 30.1. The summed E-state index contributed by atoms with van der Waals surface area (Å²) in [5.74, 6) is -0.107. The lowest BCUT2D eigenvalue weighted by Crippen LogP contribution is -2.46. The van der Waals surface area contributed by atoms with Gasteiger partial charge in [-0.1, -0.05) is 24.3 Å². The van der Waals surface area contributed by atoms with E-state index in [1.165, 1.54) is 13.2 Å². The van der Waals surface area contributed by atoms with Crippen LogP contribution in [0.15, 0.2) is 54.9 Å². The summed E-state index contributed by atoms with van der Waals surface area (Å²) in [5, 5.41) is 14.2. The largest absolute Gasteiger partial charge is 0.497 e. The van der Waals surface area contributed by atoms with Crippen LogP contribution in [-0.4, -0.2) is 46.9 Å². The second-order valence-corrected chi connectivity index (χ2v) is 7.60. The molecule has 34 heavy (non-hydrogen) atoms. The highest BCUT2D eigenvalue weighted by Crippen LogP contribution is 2.38. The minimum atomic E-state index is -4.68. The van der Waals surface area contributed by atoms with Gasteiger partial charge in [-0.3, -0.25) is 4.98 Å². The standard InChI is InChI=1S/C23H20F3N3O5/c1-33-17-7-14(6-16(8-17)23(24,25)26)20-19(12-30)29(22(32)34-20)21(31)28-11-15-10-27-9-13-4-2-3-5-18(13)15/h2-10,19-20,30H,11-12H2,1H3,(H,28,31)/t19-,20+/m0/s1. The molecular weight excluding hydrogens is 455 g/mol. The van der Waals surface area contributed by atoms with Gasteiger partial charge in [0.1, 0.15) is 11.8 Å². The zero-order chi connectivity index (χ0) is 24.5. The predicted octanol–water partition coefficient (Wildman–Crippen LogP) is 4.03. The van der Waals surface area contributed by atoms with Crippen LogP contribution in [0.2, 0.25) is 0 Å². The summed E-state index contributed by atoms with van der Waals surface area (Å²) in [6.45, 7) is -0.699. The van der Waals surface area contributed by atoms with Gasteiger partial charge in [0.2, 0.25) is 0 Å². The van der Waals surface area contributed by atoms with Crippen LogP contribution in [0.4, 0.5) is 22.8 Å². The number of fused-ring (bicyclic) bond motifs is 1. The Bertz CT molecular complexity index is 1230. The van der Waals surface area contributed by atoms with Gasteiger partial charge in [0.25, 0.3) is 0 Å². The number of aliphatic hydroxyl groups excluding tert-OH is 1. The predicted molar refractivity (Wildman–Crippen MR) is 114 cm³/mol. The molecule has 1 fully saturated rings. The lowest BCUT2D eigenvalue weighted by molar-refractivity contribution is -0.137. The Morgan fingerprint density at radius 3 is 2.71 bits per heavy atom. The zero-order valence-corrected chi connectivity index (χ0v) is 17.9. The van der Waals surface area contributed by atoms with Gasteiger partial charge in [-0.2, -0.15) is 13.2 Å². The van der Waals surface area contributed by atoms with Gasteiger partial charge in [-0.25, -0.2) is 14.5 Å². The number of hydrogen-bond acceptors (Lipinski definition) is 6. The molecule has 178 valence electrons. The Balaban J connectivity index is 1.57. The summed E-state index contributed by atoms with van der Waals surface area (Å²) in [6, 6.07) is 8.16. The first-order chi connectivity index (χ1) is 16.2. The summed E-state index contributed by atoms with van der Waals surface area (Å²) in [5.41, 5.74) is -0.382. The van der Waals surface area contributed by atoms with Crippen LogP contribution >= 0.6 is 0 Å². The molecule has 3 amide bonds. The minimum Gasteiger partial charge on any atom is -0.497 e. The fourth-order valence-electron chi connectivity index (χ4n) is 3.86. The molecule has 0 bridgehead atoms. The van der Waals surface area contributed by atoms with Crippen molar-refractivity contribution in [2.24, 2.45) is 0 Å². The monoisotopic (exact) mass is 475 g/mol. The molecule has 2 heterocycles. The van der Waals surface area contributed by atoms with Crippen molar-refractivity contribution < 1.29 is 37.3 Å². The molecule has 2 aromatic carbocycles. The molecule has 0 unspecified atom stereocenters. The number of alkyl halides is 3. The number of nitrogens with one attached hydrogen (secondary N) is 1. The fraction of sp³-hybridized carbons (Fsp3) is 0.261. The first-order valence-corrected chi connectivity index (χ1v) is 10.2. The van der Waals surface area contributed by atoms with E-state index in [0.717, 1.165) is 22.9 Å². The maximum absolute atomic E-state index is 13.3. The number of hydrogen-bond donors (Lipinski definition) is 2. The Hall–Kier alpha value is -3.86. The number of carbonyl (C=O) groups excluding carboxylic acids is 2. The first kappa shape index (κ1) is 23.3. The summed E-state index contributed by atoms with van der Waals surface area (Å²) >= 11 is 0. The van der Waals surface area contributed by atoms with Crippen LogP contribution in [0.1, 0.15) is 22.8 Å². The molecule has 11 heteroatoms. The summed E-state index contributed by atoms with van der Waals surface area (Å²) in [7, 11) is 1.20. The number of carbonyl (C=O) groups is 2. The van der Waals surface area contributed by atoms with Crippen molar-refractivity contribution >= 4 is 22.9 Å². The Kier molecular flexibility index (Phi) is 6.29. The van der Waals surface area contributed by atoms with Crippen LogP contribution in [0, 0.1) is 0 Å². The van der Waals surface area contributed by atoms with Gasteiger partial charge in [-0.05, 0) is 34.7 Å². The normalized spacial score (nSPS) is 18.1. The van der Waals surface area contributed by atoms with E-state index >= 15 is 0 Å². The molecule has 1 saturated heterocycles. The molecule has 8 nitrogen and oxygen atoms in total. The van der Waals surface area contributed by atoms with Crippen molar-refractivity contribution in [3.63, 3.8) is 0 Å². The Morgan fingerprint density at radius 2 is 2.00 bits per heavy atom. The van der Waals surface area contributed by atoms with Crippen molar-refractivity contribution in [1.29, 1.82) is 0 Å². The van der Waals surface area contributed by atoms with Gasteiger partial charge in [0, 0.05) is 24.3 Å². The van der Waals surface area contributed by atoms with Crippen molar-refractivity contribution in [3.05, 3.63) is 71.5 Å². The highest BCUT2D eigenvalue weighted by molar-refractivity contribution is 5.93. The molecule has 0 saturated carbocycles. The number of amides is 3. The average Bonchev–Trinajstić information content (AvgIpc) is 3.17. The number of benzene rings is 2. The van der Waals surface area contributed by atoms with E-state index in [1.54, 1.807) is 12.4 Å². The first-order valence-electron chi connectivity index (χ1n) is 10.2. The third-order valence-electron chi connectivity index (χ3n) is 5.51. The van der Waals surface area contributed by atoms with Gasteiger partial charge in [-0.15, -0.1) is 0 Å². The number of cyclic esters (lactones) is 1. The van der Waals surface area contributed by atoms with Crippen molar-refractivity contribution in [3.8, 4) is 5.75 Å². The number of halogens is 3. The van der Waals surface area contributed by atoms with Crippen molar-refractivity contribution in [1.82, 2.24) is 15.2 Å². The molecule has 1 aromatic heterocycles. The topological polar surface area (TPSA) is 101 Å². The number of methoxy groups -OCH3 is 1. The van der Waals surface area contributed by atoms with Crippen molar-refractivity contribution in [2.45, 2.75) is 24.9 Å². The second-order valence-electron chi connectivity index (χ2n) is 7.60. The summed E-state index contributed by atoms with van der Waals surface area (Å²) < 4.78 is 50.1. The molecule has 0 radical (unpaired) electrons. The summed E-state index contributed by atoms with van der Waals surface area (Å²) in [6.07, 6.45) is -3.84. The van der Waals surface area contributed by atoms with Crippen LogP contribution in [0.5, 0.6) is 5.75 Å². The molecule has 1 aliphatic rings. The number of nitrogens with zero attached hydrogens (tertiary/aromatic N) is 2.